The van der Waals surface area contributed by atoms with Gasteiger partial charge in [0.1, 0.15) is 11.8 Å². The molecule has 1 aliphatic rings. The monoisotopic (exact) mass is 201 g/mol. The molecule has 1 saturated carbocycles. The van der Waals surface area contributed by atoms with Crippen molar-refractivity contribution in [3.63, 3.8) is 0 Å². The molecule has 0 radical (unpaired) electrons. The van der Waals surface area contributed by atoms with Crippen LogP contribution in [0.25, 0.3) is 0 Å². The van der Waals surface area contributed by atoms with Gasteiger partial charge in [-0.3, -0.25) is 9.59 Å². The van der Waals surface area contributed by atoms with E-state index >= 15 is 0 Å². The van der Waals surface area contributed by atoms with E-state index in [0.717, 1.165) is 19.3 Å². The van der Waals surface area contributed by atoms with Gasteiger partial charge < -0.3 is 10.8 Å². The zero-order chi connectivity index (χ0) is 11.1. The van der Waals surface area contributed by atoms with Crippen LogP contribution in [0.1, 0.15) is 39.5 Å². The Labute approximate surface area is 84.5 Å². The molecule has 1 aliphatic carbocycles. The Balaban J connectivity index is 0.000000255. The molecule has 0 amide bonds. The standard InChI is InChI=1S/C7H12O.C3H7NO2/c1-6-4-2-3-5-7(6)8;1-2(4)3(5)6/h6H,2-5H2,1H3;2H,4H2,1H3,(H,5,6)/t;2-/m.0/s1. The van der Waals surface area contributed by atoms with Crippen LogP contribution in [-0.4, -0.2) is 22.9 Å². The van der Waals surface area contributed by atoms with Gasteiger partial charge in [-0.15, -0.1) is 0 Å². The van der Waals surface area contributed by atoms with Crippen LogP contribution >= 0.6 is 0 Å². The first kappa shape index (κ1) is 13.1. The molecule has 0 aliphatic heterocycles. The Morgan fingerprint density at radius 3 is 2.29 bits per heavy atom. The molecule has 82 valence electrons. The van der Waals surface area contributed by atoms with E-state index in [-0.39, 0.29) is 0 Å². The van der Waals surface area contributed by atoms with Crippen LogP contribution in [0.2, 0.25) is 0 Å². The first-order valence-electron chi connectivity index (χ1n) is 4.96. The second-order valence-electron chi connectivity index (χ2n) is 3.74. The third-order valence-corrected chi connectivity index (χ3v) is 2.25. The number of carbonyl (C=O) groups is 2. The van der Waals surface area contributed by atoms with Crippen LogP contribution in [0.3, 0.4) is 0 Å². The Hall–Kier alpha value is -0.900. The molecule has 14 heavy (non-hydrogen) atoms. The number of rotatable bonds is 1. The number of hydrogen-bond donors (Lipinski definition) is 2. The molecule has 4 nitrogen and oxygen atoms in total. The number of nitrogens with two attached hydrogens (primary N) is 1. The number of carboxylic acids is 1. The molecular formula is C10H19NO3. The van der Waals surface area contributed by atoms with Crippen molar-refractivity contribution in [3.05, 3.63) is 0 Å². The minimum Gasteiger partial charge on any atom is -0.480 e. The maximum Gasteiger partial charge on any atom is 0.320 e. The van der Waals surface area contributed by atoms with E-state index in [1.807, 2.05) is 6.92 Å². The summed E-state index contributed by atoms with van der Waals surface area (Å²) >= 11 is 0. The summed E-state index contributed by atoms with van der Waals surface area (Å²) in [6, 6.07) is -0.731. The number of ketones is 1. The average molecular weight is 201 g/mol. The van der Waals surface area contributed by atoms with Gasteiger partial charge in [-0.2, -0.15) is 0 Å². The fourth-order valence-corrected chi connectivity index (χ4v) is 1.16. The molecule has 0 spiro atoms. The first-order valence-corrected chi connectivity index (χ1v) is 4.96. The van der Waals surface area contributed by atoms with Gasteiger partial charge in [0, 0.05) is 12.3 Å². The third kappa shape index (κ3) is 5.70. The quantitative estimate of drug-likeness (QED) is 0.667. The number of aliphatic carboxylic acids is 1. The lowest BCUT2D eigenvalue weighted by Gasteiger charge is -2.14. The summed E-state index contributed by atoms with van der Waals surface area (Å²) in [5.41, 5.74) is 4.84. The molecule has 4 heteroatoms. The van der Waals surface area contributed by atoms with E-state index in [0.29, 0.717) is 11.7 Å². The minimum absolute atomic E-state index is 0.365. The fraction of sp³-hybridized carbons (Fsp3) is 0.800. The molecule has 0 heterocycles. The summed E-state index contributed by atoms with van der Waals surface area (Å²) in [6.07, 6.45) is 4.34. The topological polar surface area (TPSA) is 80.4 Å². The zero-order valence-corrected chi connectivity index (χ0v) is 8.82. The predicted octanol–water partition coefficient (Wildman–Crippen LogP) is 1.18. The van der Waals surface area contributed by atoms with Gasteiger partial charge in [-0.25, -0.2) is 0 Å². The molecule has 2 atom stereocenters. The van der Waals surface area contributed by atoms with Gasteiger partial charge in [0.05, 0.1) is 0 Å². The maximum absolute atomic E-state index is 10.8. The molecule has 0 aromatic heterocycles. The van der Waals surface area contributed by atoms with Crippen LogP contribution in [0.5, 0.6) is 0 Å². The lowest BCUT2D eigenvalue weighted by molar-refractivity contribution is -0.138. The van der Waals surface area contributed by atoms with E-state index in [1.165, 1.54) is 13.3 Å². The van der Waals surface area contributed by atoms with Crippen LogP contribution in [0.4, 0.5) is 0 Å². The van der Waals surface area contributed by atoms with Gasteiger partial charge in [0.2, 0.25) is 0 Å². The Kier molecular flexibility index (Phi) is 6.12. The van der Waals surface area contributed by atoms with Crippen LogP contribution in [0.15, 0.2) is 0 Å². The lowest BCUT2D eigenvalue weighted by atomic mass is 9.90. The van der Waals surface area contributed by atoms with Crippen molar-refractivity contribution in [1.82, 2.24) is 0 Å². The Morgan fingerprint density at radius 1 is 1.57 bits per heavy atom. The van der Waals surface area contributed by atoms with Gasteiger partial charge in [-0.05, 0) is 19.8 Å². The van der Waals surface area contributed by atoms with Crippen molar-refractivity contribution in [3.8, 4) is 0 Å². The Morgan fingerprint density at radius 2 is 2.07 bits per heavy atom. The van der Waals surface area contributed by atoms with Crippen molar-refractivity contribution in [2.75, 3.05) is 0 Å². The minimum atomic E-state index is -0.963. The molecule has 1 fully saturated rings. The SMILES string of the molecule is CC1CCCCC1=O.C[C@H](N)C(=O)O. The van der Waals surface area contributed by atoms with E-state index < -0.39 is 12.0 Å². The van der Waals surface area contributed by atoms with Crippen LogP contribution < -0.4 is 5.73 Å². The second-order valence-corrected chi connectivity index (χ2v) is 3.74. The van der Waals surface area contributed by atoms with Crippen molar-refractivity contribution in [1.29, 1.82) is 0 Å². The van der Waals surface area contributed by atoms with Gasteiger partial charge in [0.15, 0.2) is 0 Å². The van der Waals surface area contributed by atoms with Gasteiger partial charge in [-0.1, -0.05) is 13.3 Å². The highest BCUT2D eigenvalue weighted by Crippen LogP contribution is 2.18. The van der Waals surface area contributed by atoms with E-state index in [9.17, 15) is 9.59 Å². The third-order valence-electron chi connectivity index (χ3n) is 2.25. The summed E-state index contributed by atoms with van der Waals surface area (Å²) in [6.45, 7) is 3.45. The van der Waals surface area contributed by atoms with Crippen molar-refractivity contribution in [2.24, 2.45) is 11.7 Å². The number of carboxylic acid groups (broad SMARTS) is 1. The molecule has 3 N–H and O–H groups in total. The summed E-state index contributed by atoms with van der Waals surface area (Å²) in [5.74, 6) is -0.130. The highest BCUT2D eigenvalue weighted by atomic mass is 16.4. The zero-order valence-electron chi connectivity index (χ0n) is 8.82. The summed E-state index contributed by atoms with van der Waals surface area (Å²) in [4.78, 5) is 20.4. The fourth-order valence-electron chi connectivity index (χ4n) is 1.16. The van der Waals surface area contributed by atoms with Gasteiger partial charge in [0.25, 0.3) is 0 Å². The first-order chi connectivity index (χ1) is 6.45. The molecule has 0 bridgehead atoms. The van der Waals surface area contributed by atoms with Crippen LogP contribution in [-0.2, 0) is 9.59 Å². The van der Waals surface area contributed by atoms with Gasteiger partial charge >= 0.3 is 5.97 Å². The molecular weight excluding hydrogens is 182 g/mol. The van der Waals surface area contributed by atoms with E-state index in [4.69, 9.17) is 10.8 Å². The molecule has 0 aromatic rings. The summed E-state index contributed by atoms with van der Waals surface area (Å²) in [5, 5.41) is 7.87. The predicted molar refractivity (Wildman–Crippen MR) is 53.9 cm³/mol. The smallest absolute Gasteiger partial charge is 0.320 e. The highest BCUT2D eigenvalue weighted by molar-refractivity contribution is 5.81. The average Bonchev–Trinajstić information content (AvgIpc) is 2.11. The molecule has 0 saturated heterocycles. The molecule has 1 unspecified atom stereocenters. The van der Waals surface area contributed by atoms with Crippen molar-refractivity contribution in [2.45, 2.75) is 45.6 Å². The Bertz CT molecular complexity index is 202. The summed E-state index contributed by atoms with van der Waals surface area (Å²) < 4.78 is 0. The normalized spacial score (nSPS) is 23.4. The van der Waals surface area contributed by atoms with Crippen molar-refractivity contribution < 1.29 is 14.7 Å². The van der Waals surface area contributed by atoms with Crippen LogP contribution in [0, 0.1) is 5.92 Å². The number of Topliss-reactive ketones (excluding diaryl/α,β-unsaturated/α-hetero) is 1. The number of hydrogen-bond acceptors (Lipinski definition) is 3. The second kappa shape index (κ2) is 6.54. The maximum atomic E-state index is 10.8. The van der Waals surface area contributed by atoms with E-state index in [1.54, 1.807) is 0 Å². The van der Waals surface area contributed by atoms with Crippen molar-refractivity contribution >= 4 is 11.8 Å². The molecule has 1 rings (SSSR count). The highest BCUT2D eigenvalue weighted by Gasteiger charge is 2.16. The number of carbonyl (C=O) groups excluding carboxylic acids is 1. The molecule has 0 aromatic carbocycles. The summed E-state index contributed by atoms with van der Waals surface area (Å²) in [7, 11) is 0. The largest absolute Gasteiger partial charge is 0.480 e. The lowest BCUT2D eigenvalue weighted by Crippen LogP contribution is -2.25. The van der Waals surface area contributed by atoms with E-state index in [2.05, 4.69) is 0 Å².